The molecule has 0 aromatic heterocycles. The molecule has 1 aliphatic rings. The zero-order valence-corrected chi connectivity index (χ0v) is 12.5. The van der Waals surface area contributed by atoms with Gasteiger partial charge in [0.15, 0.2) is 5.75 Å². The van der Waals surface area contributed by atoms with Crippen molar-refractivity contribution in [3.8, 4) is 11.8 Å². The third-order valence-corrected chi connectivity index (χ3v) is 4.04. The molecule has 0 bridgehead atoms. The van der Waals surface area contributed by atoms with Crippen molar-refractivity contribution in [1.29, 1.82) is 5.26 Å². The van der Waals surface area contributed by atoms with Crippen molar-refractivity contribution in [2.24, 2.45) is 0 Å². The molecule has 0 N–H and O–H groups in total. The summed E-state index contributed by atoms with van der Waals surface area (Å²) in [4.78, 5) is 24.4. The van der Waals surface area contributed by atoms with Gasteiger partial charge in [0.1, 0.15) is 5.54 Å². The van der Waals surface area contributed by atoms with Gasteiger partial charge in [-0.2, -0.15) is 5.26 Å². The summed E-state index contributed by atoms with van der Waals surface area (Å²) >= 11 is 0. The van der Waals surface area contributed by atoms with E-state index in [2.05, 4.69) is 6.07 Å². The van der Waals surface area contributed by atoms with Crippen LogP contribution in [0.2, 0.25) is 0 Å². The van der Waals surface area contributed by atoms with Crippen molar-refractivity contribution in [1.82, 2.24) is 4.90 Å². The van der Waals surface area contributed by atoms with E-state index >= 15 is 0 Å². The molecule has 0 heterocycles. The molecule has 1 aliphatic carbocycles. The second kappa shape index (κ2) is 6.02. The average Bonchev–Trinajstić information content (AvgIpc) is 2.46. The number of hydrogen-bond donors (Lipinski definition) is 0. The molecule has 2 rings (SSSR count). The fourth-order valence-electron chi connectivity index (χ4n) is 2.49. The first kappa shape index (κ1) is 15.8. The van der Waals surface area contributed by atoms with E-state index < -0.39 is 16.4 Å². The van der Waals surface area contributed by atoms with E-state index in [1.807, 2.05) is 0 Å². The normalized spacial score (nSPS) is 15.3. The van der Waals surface area contributed by atoms with Gasteiger partial charge in [-0.25, -0.2) is 0 Å². The Labute approximate surface area is 128 Å². The molecular formula is C15H17N3O4. The number of carbonyl (C=O) groups is 1. The van der Waals surface area contributed by atoms with Crippen molar-refractivity contribution in [2.75, 3.05) is 13.7 Å². The first-order valence-corrected chi connectivity index (χ1v) is 7.06. The van der Waals surface area contributed by atoms with Gasteiger partial charge in [0, 0.05) is 18.7 Å². The summed E-state index contributed by atoms with van der Waals surface area (Å²) in [6, 6.07) is 6.29. The highest BCUT2D eigenvalue weighted by Gasteiger charge is 2.43. The molecular weight excluding hydrogens is 286 g/mol. The van der Waals surface area contributed by atoms with Crippen LogP contribution in [0, 0.1) is 21.4 Å². The molecule has 1 saturated carbocycles. The van der Waals surface area contributed by atoms with Gasteiger partial charge in [0.2, 0.25) is 0 Å². The SMILES string of the molecule is CCOc1ccc(C(=O)N(C)C2(C#N)CCC2)cc1[N+](=O)[O-]. The first-order valence-electron chi connectivity index (χ1n) is 7.06. The first-order chi connectivity index (χ1) is 10.4. The van der Waals surface area contributed by atoms with Gasteiger partial charge >= 0.3 is 5.69 Å². The Bertz CT molecular complexity index is 647. The summed E-state index contributed by atoms with van der Waals surface area (Å²) < 4.78 is 5.20. The molecule has 0 spiro atoms. The van der Waals surface area contributed by atoms with E-state index in [1.54, 1.807) is 14.0 Å². The molecule has 1 fully saturated rings. The molecule has 22 heavy (non-hydrogen) atoms. The molecule has 0 atom stereocenters. The van der Waals surface area contributed by atoms with Gasteiger partial charge < -0.3 is 9.64 Å². The highest BCUT2D eigenvalue weighted by atomic mass is 16.6. The van der Waals surface area contributed by atoms with Crippen LogP contribution in [0.4, 0.5) is 5.69 Å². The van der Waals surface area contributed by atoms with Crippen LogP contribution < -0.4 is 4.74 Å². The summed E-state index contributed by atoms with van der Waals surface area (Å²) in [6.45, 7) is 2.02. The quantitative estimate of drug-likeness (QED) is 0.615. The topological polar surface area (TPSA) is 96.5 Å². The van der Waals surface area contributed by atoms with Crippen LogP contribution in [0.15, 0.2) is 18.2 Å². The molecule has 116 valence electrons. The van der Waals surface area contributed by atoms with E-state index in [9.17, 15) is 20.2 Å². The zero-order chi connectivity index (χ0) is 16.3. The smallest absolute Gasteiger partial charge is 0.311 e. The number of amides is 1. The van der Waals surface area contributed by atoms with Gasteiger partial charge in [-0.1, -0.05) is 0 Å². The van der Waals surface area contributed by atoms with Crippen molar-refractivity contribution in [3.63, 3.8) is 0 Å². The molecule has 1 aromatic rings. The van der Waals surface area contributed by atoms with Crippen molar-refractivity contribution < 1.29 is 14.5 Å². The Hall–Kier alpha value is -2.62. The molecule has 7 heteroatoms. The van der Waals surface area contributed by atoms with Gasteiger partial charge in [-0.3, -0.25) is 14.9 Å². The Balaban J connectivity index is 2.32. The number of rotatable bonds is 5. The Morgan fingerprint density at radius 1 is 1.55 bits per heavy atom. The Kier molecular flexibility index (Phi) is 4.31. The third kappa shape index (κ3) is 2.60. The predicted octanol–water partition coefficient (Wildman–Crippen LogP) is 2.51. The molecule has 7 nitrogen and oxygen atoms in total. The van der Waals surface area contributed by atoms with Crippen LogP contribution in [0.3, 0.4) is 0 Å². The van der Waals surface area contributed by atoms with E-state index in [0.29, 0.717) is 19.4 Å². The van der Waals surface area contributed by atoms with Gasteiger partial charge in [-0.15, -0.1) is 0 Å². The van der Waals surface area contributed by atoms with Crippen molar-refractivity contribution >= 4 is 11.6 Å². The molecule has 1 amide bonds. The zero-order valence-electron chi connectivity index (χ0n) is 12.5. The van der Waals surface area contributed by atoms with Crippen LogP contribution in [0.25, 0.3) is 0 Å². The maximum absolute atomic E-state index is 12.5. The summed E-state index contributed by atoms with van der Waals surface area (Å²) in [7, 11) is 1.56. The van der Waals surface area contributed by atoms with E-state index in [1.165, 1.54) is 23.1 Å². The lowest BCUT2D eigenvalue weighted by Crippen LogP contribution is -2.53. The predicted molar refractivity (Wildman–Crippen MR) is 78.6 cm³/mol. The summed E-state index contributed by atoms with van der Waals surface area (Å²) in [5.74, 6) is -0.266. The summed E-state index contributed by atoms with van der Waals surface area (Å²) in [5, 5.41) is 20.4. The summed E-state index contributed by atoms with van der Waals surface area (Å²) in [6.07, 6.45) is 2.16. The number of nitro benzene ring substituents is 1. The lowest BCUT2D eigenvalue weighted by Gasteiger charge is -2.42. The maximum atomic E-state index is 12.5. The van der Waals surface area contributed by atoms with Crippen molar-refractivity contribution in [3.05, 3.63) is 33.9 Å². The van der Waals surface area contributed by atoms with Crippen LogP contribution in [-0.2, 0) is 0 Å². The highest BCUT2D eigenvalue weighted by Crippen LogP contribution is 2.37. The maximum Gasteiger partial charge on any atom is 0.311 e. The standard InChI is InChI=1S/C15H17N3O4/c1-3-22-13-6-5-11(9-12(13)18(20)21)14(19)17(2)15(10-16)7-4-8-15/h5-6,9H,3-4,7-8H2,1-2H3. The minimum atomic E-state index is -0.787. The molecule has 0 unspecified atom stereocenters. The third-order valence-electron chi connectivity index (χ3n) is 4.04. The van der Waals surface area contributed by atoms with Crippen LogP contribution in [-0.4, -0.2) is 34.9 Å². The van der Waals surface area contributed by atoms with Gasteiger partial charge in [0.05, 0.1) is 17.6 Å². The van der Waals surface area contributed by atoms with Crippen LogP contribution in [0.5, 0.6) is 5.75 Å². The second-order valence-electron chi connectivity index (χ2n) is 5.23. The molecule has 0 aliphatic heterocycles. The molecule has 0 saturated heterocycles. The number of nitro groups is 1. The fourth-order valence-corrected chi connectivity index (χ4v) is 2.49. The second-order valence-corrected chi connectivity index (χ2v) is 5.23. The summed E-state index contributed by atoms with van der Waals surface area (Å²) in [5.41, 5.74) is -0.857. The van der Waals surface area contributed by atoms with E-state index in [0.717, 1.165) is 6.42 Å². The van der Waals surface area contributed by atoms with Crippen LogP contribution >= 0.6 is 0 Å². The molecule has 1 aromatic carbocycles. The number of hydrogen-bond acceptors (Lipinski definition) is 5. The highest BCUT2D eigenvalue weighted by molar-refractivity contribution is 5.96. The van der Waals surface area contributed by atoms with Gasteiger partial charge in [0.25, 0.3) is 5.91 Å². The number of ether oxygens (including phenoxy) is 1. The monoisotopic (exact) mass is 303 g/mol. The minimum Gasteiger partial charge on any atom is -0.487 e. The van der Waals surface area contributed by atoms with E-state index in [4.69, 9.17) is 4.74 Å². The number of benzene rings is 1. The average molecular weight is 303 g/mol. The minimum absolute atomic E-state index is 0.130. The number of nitrogens with zero attached hydrogens (tertiary/aromatic N) is 3. The Morgan fingerprint density at radius 3 is 2.68 bits per heavy atom. The van der Waals surface area contributed by atoms with Crippen molar-refractivity contribution in [2.45, 2.75) is 31.7 Å². The van der Waals surface area contributed by atoms with Crippen LogP contribution in [0.1, 0.15) is 36.5 Å². The lowest BCUT2D eigenvalue weighted by atomic mass is 9.76. The lowest BCUT2D eigenvalue weighted by molar-refractivity contribution is -0.385. The Morgan fingerprint density at radius 2 is 2.23 bits per heavy atom. The van der Waals surface area contributed by atoms with Gasteiger partial charge in [-0.05, 0) is 38.3 Å². The fraction of sp³-hybridized carbons (Fsp3) is 0.467. The number of nitriles is 1. The number of carbonyl (C=O) groups excluding carboxylic acids is 1. The largest absolute Gasteiger partial charge is 0.487 e. The molecule has 0 radical (unpaired) electrons. The van der Waals surface area contributed by atoms with E-state index in [-0.39, 0.29) is 17.0 Å².